The number of nitrogens with one attached hydrogen (secondary N) is 1. The Bertz CT molecular complexity index is 925. The molecule has 7 nitrogen and oxygen atoms in total. The van der Waals surface area contributed by atoms with Crippen molar-refractivity contribution in [1.82, 2.24) is 4.90 Å². The fourth-order valence-corrected chi connectivity index (χ4v) is 4.38. The molecule has 0 fully saturated rings. The van der Waals surface area contributed by atoms with Crippen LogP contribution in [0.1, 0.15) is 29.0 Å². The smallest absolute Gasteiger partial charge is 0.256 e. The van der Waals surface area contributed by atoms with Crippen molar-refractivity contribution in [3.05, 3.63) is 63.1 Å². The number of aliphatic hydroxyl groups excluding tert-OH is 4. The monoisotopic (exact) mass is 468 g/mol. The summed E-state index contributed by atoms with van der Waals surface area (Å²) in [6, 6.07) is 10.8. The zero-order chi connectivity index (χ0) is 22.7. The fourth-order valence-electron chi connectivity index (χ4n) is 3.81. The molecule has 31 heavy (non-hydrogen) atoms. The van der Waals surface area contributed by atoms with Crippen LogP contribution < -0.4 is 5.32 Å². The van der Waals surface area contributed by atoms with Crippen molar-refractivity contribution in [2.45, 2.75) is 37.2 Å². The number of carbonyl (C=O) groups is 1. The minimum absolute atomic E-state index is 0.0516. The Balaban J connectivity index is 1.75. The molecule has 4 atom stereocenters. The molecule has 5 N–H and O–H groups in total. The first-order valence-corrected chi connectivity index (χ1v) is 10.7. The molecule has 1 amide bonds. The predicted molar refractivity (Wildman–Crippen MR) is 119 cm³/mol. The highest BCUT2D eigenvalue weighted by molar-refractivity contribution is 6.35. The van der Waals surface area contributed by atoms with Crippen LogP contribution >= 0.6 is 23.2 Å². The minimum atomic E-state index is -1.83. The number of rotatable bonds is 7. The number of halogens is 2. The lowest BCUT2D eigenvalue weighted by Gasteiger charge is -2.33. The summed E-state index contributed by atoms with van der Waals surface area (Å²) in [5, 5.41) is 42.0. The largest absolute Gasteiger partial charge is 0.396 e. The number of amides is 1. The Morgan fingerprint density at radius 2 is 1.87 bits per heavy atom. The van der Waals surface area contributed by atoms with Gasteiger partial charge in [0.25, 0.3) is 5.91 Å². The molecule has 4 unspecified atom stereocenters. The first-order chi connectivity index (χ1) is 14.7. The molecular weight excluding hydrogens is 443 g/mol. The molecule has 168 valence electrons. The van der Waals surface area contributed by atoms with Crippen LogP contribution in [0.5, 0.6) is 0 Å². The van der Waals surface area contributed by atoms with Crippen LogP contribution in [0, 0.1) is 0 Å². The van der Waals surface area contributed by atoms with E-state index in [1.807, 2.05) is 25.2 Å². The number of hydrogen-bond acceptors (Lipinski definition) is 6. The van der Waals surface area contributed by atoms with Gasteiger partial charge in [0.1, 0.15) is 6.10 Å². The summed E-state index contributed by atoms with van der Waals surface area (Å²) in [7, 11) is 2.02. The van der Waals surface area contributed by atoms with E-state index < -0.39 is 24.2 Å². The van der Waals surface area contributed by atoms with E-state index in [-0.39, 0.29) is 18.9 Å². The molecule has 0 spiro atoms. The van der Waals surface area contributed by atoms with E-state index in [1.165, 1.54) is 0 Å². The van der Waals surface area contributed by atoms with Gasteiger partial charge >= 0.3 is 0 Å². The van der Waals surface area contributed by atoms with Gasteiger partial charge in [-0.3, -0.25) is 4.79 Å². The third-order valence-corrected chi connectivity index (χ3v) is 6.04. The zero-order valence-electron chi connectivity index (χ0n) is 17.0. The topological polar surface area (TPSA) is 113 Å². The molecule has 0 aliphatic carbocycles. The summed E-state index contributed by atoms with van der Waals surface area (Å²) in [4.78, 5) is 14.4. The number of carbonyl (C=O) groups excluding carboxylic acids is 1. The number of aliphatic hydroxyl groups is 4. The van der Waals surface area contributed by atoms with Crippen LogP contribution in [-0.4, -0.2) is 69.7 Å². The maximum absolute atomic E-state index is 12.2. The van der Waals surface area contributed by atoms with E-state index in [4.69, 9.17) is 28.3 Å². The second-order valence-corrected chi connectivity index (χ2v) is 8.67. The maximum atomic E-state index is 12.2. The van der Waals surface area contributed by atoms with Gasteiger partial charge in [0.15, 0.2) is 6.10 Å². The average Bonchev–Trinajstić information content (AvgIpc) is 2.73. The van der Waals surface area contributed by atoms with Crippen molar-refractivity contribution >= 4 is 34.8 Å². The molecule has 0 saturated heterocycles. The van der Waals surface area contributed by atoms with Crippen LogP contribution in [0.2, 0.25) is 10.0 Å². The number of likely N-dealkylation sites (N-methyl/N-ethyl adjacent to an activating group) is 1. The molecule has 3 rings (SSSR count). The van der Waals surface area contributed by atoms with E-state index in [0.29, 0.717) is 15.7 Å². The van der Waals surface area contributed by atoms with Crippen molar-refractivity contribution in [3.8, 4) is 0 Å². The second-order valence-electron chi connectivity index (χ2n) is 7.83. The minimum Gasteiger partial charge on any atom is -0.396 e. The van der Waals surface area contributed by atoms with Gasteiger partial charge in [0.05, 0.1) is 6.10 Å². The third-order valence-electron chi connectivity index (χ3n) is 5.48. The average molecular weight is 469 g/mol. The van der Waals surface area contributed by atoms with Crippen LogP contribution in [0.15, 0.2) is 36.4 Å². The molecule has 1 aliphatic heterocycles. The Morgan fingerprint density at radius 3 is 2.52 bits per heavy atom. The molecule has 0 saturated carbocycles. The van der Waals surface area contributed by atoms with Gasteiger partial charge in [-0.2, -0.15) is 0 Å². The summed E-state index contributed by atoms with van der Waals surface area (Å²) < 4.78 is 0. The van der Waals surface area contributed by atoms with Gasteiger partial charge in [-0.15, -0.1) is 0 Å². The first-order valence-electron chi connectivity index (χ1n) is 9.93. The SMILES string of the molecule is CN1Cc2c(Cl)cc(Cl)cc2C(c2ccc(NC(=O)C(O)C(O)C(O)CCO)cc2)C1. The van der Waals surface area contributed by atoms with Crippen LogP contribution in [-0.2, 0) is 11.3 Å². The Morgan fingerprint density at radius 1 is 1.19 bits per heavy atom. The van der Waals surface area contributed by atoms with Crippen molar-refractivity contribution in [1.29, 1.82) is 0 Å². The third kappa shape index (κ3) is 5.56. The number of hydrogen-bond donors (Lipinski definition) is 5. The number of benzene rings is 2. The molecule has 2 aromatic rings. The van der Waals surface area contributed by atoms with Crippen molar-refractivity contribution in [3.63, 3.8) is 0 Å². The van der Waals surface area contributed by atoms with E-state index in [2.05, 4.69) is 10.2 Å². The normalized spacial score (nSPS) is 19.4. The van der Waals surface area contributed by atoms with Crippen LogP contribution in [0.25, 0.3) is 0 Å². The van der Waals surface area contributed by atoms with Gasteiger partial charge in [-0.1, -0.05) is 35.3 Å². The van der Waals surface area contributed by atoms with E-state index in [1.54, 1.807) is 18.2 Å². The Hall–Kier alpha value is -1.71. The van der Waals surface area contributed by atoms with Crippen LogP contribution in [0.3, 0.4) is 0 Å². The number of fused-ring (bicyclic) bond motifs is 1. The molecule has 9 heteroatoms. The summed E-state index contributed by atoms with van der Waals surface area (Å²) in [5.41, 5.74) is 3.57. The van der Waals surface area contributed by atoms with Crippen molar-refractivity contribution < 1.29 is 25.2 Å². The maximum Gasteiger partial charge on any atom is 0.256 e. The molecule has 1 aliphatic rings. The summed E-state index contributed by atoms with van der Waals surface area (Å²) in [6.45, 7) is 1.14. The van der Waals surface area contributed by atoms with Crippen molar-refractivity contribution in [2.75, 3.05) is 25.5 Å². The molecule has 0 aromatic heterocycles. The first kappa shape index (κ1) is 23.9. The van der Waals surface area contributed by atoms with Gasteiger partial charge in [0.2, 0.25) is 0 Å². The molecule has 0 radical (unpaired) electrons. The quantitative estimate of drug-likeness (QED) is 0.424. The number of anilines is 1. The highest BCUT2D eigenvalue weighted by atomic mass is 35.5. The number of nitrogens with zero attached hydrogens (tertiary/aromatic N) is 1. The van der Waals surface area contributed by atoms with Crippen LogP contribution in [0.4, 0.5) is 5.69 Å². The van der Waals surface area contributed by atoms with E-state index in [0.717, 1.165) is 29.8 Å². The highest BCUT2D eigenvalue weighted by Gasteiger charge is 2.30. The lowest BCUT2D eigenvalue weighted by molar-refractivity contribution is -0.136. The predicted octanol–water partition coefficient (Wildman–Crippen LogP) is 1.97. The second kappa shape index (κ2) is 10.3. The highest BCUT2D eigenvalue weighted by Crippen LogP contribution is 2.38. The van der Waals surface area contributed by atoms with Gasteiger partial charge in [-0.05, 0) is 54.4 Å². The Labute approximate surface area is 190 Å². The van der Waals surface area contributed by atoms with Gasteiger partial charge < -0.3 is 30.6 Å². The molecular formula is C22H26Cl2N2O5. The summed E-state index contributed by atoms with van der Waals surface area (Å²) >= 11 is 12.6. The van der Waals surface area contributed by atoms with E-state index in [9.17, 15) is 20.1 Å². The molecule has 0 bridgehead atoms. The molecule has 1 heterocycles. The van der Waals surface area contributed by atoms with Gasteiger partial charge in [-0.25, -0.2) is 0 Å². The van der Waals surface area contributed by atoms with Crippen molar-refractivity contribution in [2.24, 2.45) is 0 Å². The zero-order valence-corrected chi connectivity index (χ0v) is 18.5. The lowest BCUT2D eigenvalue weighted by atomic mass is 9.84. The summed E-state index contributed by atoms with van der Waals surface area (Å²) in [5.74, 6) is -0.797. The van der Waals surface area contributed by atoms with E-state index >= 15 is 0 Å². The Kier molecular flexibility index (Phi) is 7.93. The standard InChI is InChI=1S/C22H26Cl2N2O5/c1-26-10-16(15-8-13(23)9-18(24)17(15)11-26)12-2-4-14(5-3-12)25-22(31)21(30)20(29)19(28)6-7-27/h2-5,8-9,16,19-21,27-30H,6-7,10-11H2,1H3,(H,25,31). The molecule has 2 aromatic carbocycles. The summed E-state index contributed by atoms with van der Waals surface area (Å²) in [6.07, 6.45) is -5.08. The van der Waals surface area contributed by atoms with Gasteiger partial charge in [0, 0.05) is 41.3 Å². The lowest BCUT2D eigenvalue weighted by Crippen LogP contribution is -2.45. The fraction of sp³-hybridized carbons (Fsp3) is 0.409.